The molecule has 2 N–H and O–H groups in total. The minimum absolute atomic E-state index is 0.0833. The second kappa shape index (κ2) is 13.7. The predicted octanol–water partition coefficient (Wildman–Crippen LogP) is 3.25. The lowest BCUT2D eigenvalue weighted by Crippen LogP contribution is -2.52. The fourth-order valence-electron chi connectivity index (χ4n) is 3.01. The van der Waals surface area contributed by atoms with Crippen molar-refractivity contribution in [3.8, 4) is 0 Å². The SMILES string of the molecule is C=C(Cl)/C=C(\C)N(CC1CNC1)C(=O)[C@H](CCN(C)C)ON(C)N/C(C)=C/C=C(C)C. The molecule has 1 atom stereocenters. The van der Waals surface area contributed by atoms with Crippen molar-refractivity contribution in [3.05, 3.63) is 46.8 Å². The number of carbonyl (C=O) groups excluding carboxylic acids is 1. The first kappa shape index (κ1) is 27.4. The van der Waals surface area contributed by atoms with Gasteiger partial charge < -0.3 is 20.5 Å². The molecule has 0 saturated carbocycles. The van der Waals surface area contributed by atoms with Crippen LogP contribution in [0, 0.1) is 5.92 Å². The quantitative estimate of drug-likeness (QED) is 0.330. The van der Waals surface area contributed by atoms with Gasteiger partial charge in [-0.25, -0.2) is 0 Å². The van der Waals surface area contributed by atoms with Gasteiger partial charge in [0.15, 0.2) is 6.10 Å². The molecule has 0 spiro atoms. The summed E-state index contributed by atoms with van der Waals surface area (Å²) in [4.78, 5) is 23.4. The van der Waals surface area contributed by atoms with Gasteiger partial charge in [0, 0.05) is 55.6 Å². The third-order valence-electron chi connectivity index (χ3n) is 4.76. The van der Waals surface area contributed by atoms with Crippen molar-refractivity contribution in [2.45, 2.75) is 40.2 Å². The normalized spacial score (nSPS) is 16.2. The molecule has 176 valence electrons. The van der Waals surface area contributed by atoms with Gasteiger partial charge in [-0.05, 0) is 60.4 Å². The molecule has 0 aliphatic carbocycles. The van der Waals surface area contributed by atoms with Crippen LogP contribution in [0.3, 0.4) is 0 Å². The lowest BCUT2D eigenvalue weighted by Gasteiger charge is -2.36. The molecule has 0 aromatic carbocycles. The lowest BCUT2D eigenvalue weighted by atomic mass is 10.0. The van der Waals surface area contributed by atoms with E-state index < -0.39 is 6.10 Å². The molecule has 7 nitrogen and oxygen atoms in total. The summed E-state index contributed by atoms with van der Waals surface area (Å²) >= 11 is 5.99. The zero-order chi connectivity index (χ0) is 23.6. The van der Waals surface area contributed by atoms with Gasteiger partial charge in [0.05, 0.1) is 0 Å². The summed E-state index contributed by atoms with van der Waals surface area (Å²) in [5.41, 5.74) is 6.04. The van der Waals surface area contributed by atoms with Crippen molar-refractivity contribution in [2.24, 2.45) is 5.92 Å². The smallest absolute Gasteiger partial charge is 0.258 e. The number of rotatable bonds is 13. The predicted molar refractivity (Wildman–Crippen MR) is 129 cm³/mol. The summed E-state index contributed by atoms with van der Waals surface area (Å²) in [6.07, 6.45) is 5.63. The van der Waals surface area contributed by atoms with Gasteiger partial charge in [-0.3, -0.25) is 9.63 Å². The van der Waals surface area contributed by atoms with Gasteiger partial charge in [-0.2, -0.15) is 0 Å². The highest BCUT2D eigenvalue weighted by atomic mass is 35.5. The average Bonchev–Trinajstić information content (AvgIpc) is 2.61. The maximum atomic E-state index is 13.6. The van der Waals surface area contributed by atoms with Gasteiger partial charge >= 0.3 is 0 Å². The molecule has 1 heterocycles. The highest BCUT2D eigenvalue weighted by Crippen LogP contribution is 2.18. The highest BCUT2D eigenvalue weighted by molar-refractivity contribution is 6.30. The standard InChI is InChI=1S/C23H40ClN5O2/c1-17(2)9-10-19(4)26-28(8)31-22(11-12-27(6)7)23(30)29(16-21-14-25-15-21)20(5)13-18(3)24/h9-10,13,21-22,25-26H,3,11-12,14-16H2,1-2,4-8H3/b19-10+,20-13+/t22-/m0/s1. The molecule has 1 fully saturated rings. The molecule has 0 radical (unpaired) electrons. The van der Waals surface area contributed by atoms with E-state index in [0.717, 1.165) is 31.0 Å². The Labute approximate surface area is 193 Å². The van der Waals surface area contributed by atoms with Crippen molar-refractivity contribution in [3.63, 3.8) is 0 Å². The minimum Gasteiger partial charge on any atom is -0.316 e. The second-order valence-corrected chi connectivity index (χ2v) is 9.08. The molecule has 1 aliphatic heterocycles. The van der Waals surface area contributed by atoms with Crippen molar-refractivity contribution in [1.29, 1.82) is 0 Å². The minimum atomic E-state index is -0.642. The number of carbonyl (C=O) groups is 1. The van der Waals surface area contributed by atoms with Gasteiger partial charge in [0.25, 0.3) is 5.91 Å². The summed E-state index contributed by atoms with van der Waals surface area (Å²) in [5, 5.41) is 5.16. The van der Waals surface area contributed by atoms with Gasteiger partial charge in [-0.15, -0.1) is 5.17 Å². The highest BCUT2D eigenvalue weighted by Gasteiger charge is 2.31. The van der Waals surface area contributed by atoms with E-state index in [1.807, 2.05) is 58.8 Å². The Kier molecular flexibility index (Phi) is 12.1. The van der Waals surface area contributed by atoms with Crippen LogP contribution in [0.25, 0.3) is 0 Å². The monoisotopic (exact) mass is 453 g/mol. The number of amides is 1. The summed E-state index contributed by atoms with van der Waals surface area (Å²) in [6.45, 7) is 14.8. The van der Waals surface area contributed by atoms with Crippen LogP contribution < -0.4 is 10.7 Å². The first-order valence-electron chi connectivity index (χ1n) is 10.7. The van der Waals surface area contributed by atoms with Crippen LogP contribution in [0.4, 0.5) is 0 Å². The van der Waals surface area contributed by atoms with E-state index in [1.165, 1.54) is 10.7 Å². The molecule has 1 aliphatic rings. The number of nitrogens with zero attached hydrogens (tertiary/aromatic N) is 3. The Morgan fingerprint density at radius 1 is 1.23 bits per heavy atom. The summed E-state index contributed by atoms with van der Waals surface area (Å²) in [6, 6.07) is 0. The average molecular weight is 454 g/mol. The first-order valence-corrected chi connectivity index (χ1v) is 11.1. The number of allylic oxidation sites excluding steroid dienone is 7. The molecule has 0 aromatic rings. The van der Waals surface area contributed by atoms with Crippen LogP contribution in [0.2, 0.25) is 0 Å². The third-order valence-corrected chi connectivity index (χ3v) is 4.87. The van der Waals surface area contributed by atoms with E-state index in [1.54, 1.807) is 18.0 Å². The van der Waals surface area contributed by atoms with Crippen LogP contribution in [-0.2, 0) is 9.63 Å². The number of hydroxylamine groups is 1. The van der Waals surface area contributed by atoms with Crippen molar-refractivity contribution >= 4 is 17.5 Å². The maximum Gasteiger partial charge on any atom is 0.258 e. The molecule has 0 unspecified atom stereocenters. The van der Waals surface area contributed by atoms with E-state index in [2.05, 4.69) is 17.3 Å². The second-order valence-electron chi connectivity index (χ2n) is 8.59. The number of nitrogens with one attached hydrogen (secondary N) is 2. The Morgan fingerprint density at radius 3 is 2.35 bits per heavy atom. The molecule has 1 amide bonds. The maximum absolute atomic E-state index is 13.6. The van der Waals surface area contributed by atoms with Crippen LogP contribution >= 0.6 is 11.6 Å². The molecule has 1 rings (SSSR count). The lowest BCUT2D eigenvalue weighted by molar-refractivity contribution is -0.214. The number of hydrazine groups is 1. The summed E-state index contributed by atoms with van der Waals surface area (Å²) in [5.74, 6) is 0.329. The number of hydrogen-bond donors (Lipinski definition) is 2. The van der Waals surface area contributed by atoms with E-state index in [-0.39, 0.29) is 5.91 Å². The molecular formula is C23H40ClN5O2. The van der Waals surface area contributed by atoms with Crippen LogP contribution in [0.15, 0.2) is 46.8 Å². The zero-order valence-electron chi connectivity index (χ0n) is 20.2. The fraction of sp³-hybridized carbons (Fsp3) is 0.609. The zero-order valence-corrected chi connectivity index (χ0v) is 20.9. The van der Waals surface area contributed by atoms with Crippen LogP contribution in [0.1, 0.15) is 34.1 Å². The van der Waals surface area contributed by atoms with Gasteiger partial charge in [-0.1, -0.05) is 29.8 Å². The molecular weight excluding hydrogens is 414 g/mol. The van der Waals surface area contributed by atoms with E-state index >= 15 is 0 Å². The van der Waals surface area contributed by atoms with E-state index in [4.69, 9.17) is 16.4 Å². The van der Waals surface area contributed by atoms with Crippen LogP contribution in [0.5, 0.6) is 0 Å². The fourth-order valence-corrected chi connectivity index (χ4v) is 3.17. The van der Waals surface area contributed by atoms with Crippen molar-refractivity contribution in [1.82, 2.24) is 25.7 Å². The number of halogens is 1. The van der Waals surface area contributed by atoms with Crippen molar-refractivity contribution < 1.29 is 9.63 Å². The van der Waals surface area contributed by atoms with Crippen LogP contribution in [-0.4, -0.2) is 74.3 Å². The largest absolute Gasteiger partial charge is 0.316 e. The molecule has 31 heavy (non-hydrogen) atoms. The molecule has 1 saturated heterocycles. The summed E-state index contributed by atoms with van der Waals surface area (Å²) < 4.78 is 0. The third kappa shape index (κ3) is 11.0. The topological polar surface area (TPSA) is 60.1 Å². The number of hydrogen-bond acceptors (Lipinski definition) is 6. The Bertz CT molecular complexity index is 694. The van der Waals surface area contributed by atoms with Gasteiger partial charge in [0.2, 0.25) is 0 Å². The molecule has 0 bridgehead atoms. The van der Waals surface area contributed by atoms with E-state index in [0.29, 0.717) is 23.9 Å². The van der Waals surface area contributed by atoms with Gasteiger partial charge in [0.1, 0.15) is 0 Å². The Balaban J connectivity index is 3.00. The molecule has 8 heteroatoms. The Hall–Kier alpha value is -1.64. The van der Waals surface area contributed by atoms with Crippen molar-refractivity contribution in [2.75, 3.05) is 47.3 Å². The van der Waals surface area contributed by atoms with E-state index in [9.17, 15) is 4.79 Å². The summed E-state index contributed by atoms with van der Waals surface area (Å²) in [7, 11) is 5.73. The first-order chi connectivity index (χ1) is 14.5. The molecule has 0 aromatic heterocycles. The Morgan fingerprint density at radius 2 is 1.87 bits per heavy atom.